The van der Waals surface area contributed by atoms with Crippen molar-refractivity contribution in [1.82, 2.24) is 0 Å². The SMILES string of the molecule is CC(C)CCC(O)C(C)C1CCC2C3CC4OCC5(CCC(O)CC45O)C3CCC12C. The molecule has 0 amide bonds. The lowest BCUT2D eigenvalue weighted by Gasteiger charge is -2.62. The first kappa shape index (κ1) is 22.6. The summed E-state index contributed by atoms with van der Waals surface area (Å²) >= 11 is 0. The van der Waals surface area contributed by atoms with Crippen molar-refractivity contribution in [2.75, 3.05) is 6.61 Å². The van der Waals surface area contributed by atoms with E-state index in [-0.39, 0.29) is 23.7 Å². The van der Waals surface area contributed by atoms with Gasteiger partial charge in [-0.25, -0.2) is 0 Å². The van der Waals surface area contributed by atoms with Crippen molar-refractivity contribution >= 4 is 0 Å². The van der Waals surface area contributed by atoms with Crippen LogP contribution in [0.25, 0.3) is 0 Å². The monoisotopic (exact) mass is 434 g/mol. The van der Waals surface area contributed by atoms with Gasteiger partial charge in [0.15, 0.2) is 0 Å². The highest BCUT2D eigenvalue weighted by atomic mass is 16.5. The van der Waals surface area contributed by atoms with E-state index in [2.05, 4.69) is 27.7 Å². The molecule has 5 fully saturated rings. The molecule has 5 rings (SSSR count). The number of aliphatic hydroxyl groups is 3. The molecule has 1 aliphatic heterocycles. The molecule has 11 unspecified atom stereocenters. The molecule has 178 valence electrons. The van der Waals surface area contributed by atoms with Gasteiger partial charge in [-0.2, -0.15) is 0 Å². The predicted molar refractivity (Wildman–Crippen MR) is 121 cm³/mol. The van der Waals surface area contributed by atoms with Crippen LogP contribution in [0.2, 0.25) is 0 Å². The molecule has 3 N–H and O–H groups in total. The summed E-state index contributed by atoms with van der Waals surface area (Å²) in [6.45, 7) is 10.0. The number of rotatable bonds is 5. The number of fused-ring (bicyclic) bond motifs is 3. The van der Waals surface area contributed by atoms with Crippen LogP contribution in [0.5, 0.6) is 0 Å². The Labute approximate surface area is 189 Å². The van der Waals surface area contributed by atoms with Gasteiger partial charge in [0.25, 0.3) is 0 Å². The summed E-state index contributed by atoms with van der Waals surface area (Å²) in [5.41, 5.74) is -0.654. The van der Waals surface area contributed by atoms with Gasteiger partial charge in [-0.15, -0.1) is 0 Å². The summed E-state index contributed by atoms with van der Waals surface area (Å²) in [6.07, 6.45) is 9.48. The molecule has 11 atom stereocenters. The second kappa shape index (κ2) is 7.68. The topological polar surface area (TPSA) is 69.9 Å². The molecule has 0 aromatic carbocycles. The largest absolute Gasteiger partial charge is 0.393 e. The molecular formula is C27H46O4. The molecule has 0 spiro atoms. The molecule has 0 aromatic heterocycles. The third-order valence-corrected chi connectivity index (χ3v) is 11.4. The standard InChI is InChI=1S/C27H46O4/c1-16(2)5-8-23(29)17(3)20-6-7-21-19-13-24-27(30)14-18(28)9-12-26(27,15-31-24)22(19)10-11-25(20,21)4/h16-24,28-30H,5-15H2,1-4H3. The normalized spacial score (nSPS) is 53.0. The van der Waals surface area contributed by atoms with Gasteiger partial charge >= 0.3 is 0 Å². The maximum atomic E-state index is 11.8. The summed E-state index contributed by atoms with van der Waals surface area (Å²) in [7, 11) is 0. The molecule has 4 heteroatoms. The van der Waals surface area contributed by atoms with E-state index in [0.717, 1.165) is 32.1 Å². The zero-order valence-corrected chi connectivity index (χ0v) is 20.2. The Kier molecular flexibility index (Phi) is 5.61. The Hall–Kier alpha value is -0.160. The average molecular weight is 435 g/mol. The lowest BCUT2D eigenvalue weighted by Crippen LogP contribution is -2.66. The molecule has 1 saturated heterocycles. The average Bonchev–Trinajstić information content (AvgIpc) is 3.14. The zero-order chi connectivity index (χ0) is 22.2. The number of hydrogen-bond donors (Lipinski definition) is 3. The molecule has 0 radical (unpaired) electrons. The second-order valence-corrected chi connectivity index (χ2v) is 13.0. The van der Waals surface area contributed by atoms with Crippen LogP contribution in [-0.4, -0.2) is 45.8 Å². The quantitative estimate of drug-likeness (QED) is 0.594. The zero-order valence-electron chi connectivity index (χ0n) is 20.2. The summed E-state index contributed by atoms with van der Waals surface area (Å²) in [5, 5.41) is 33.1. The molecule has 4 aliphatic carbocycles. The highest BCUT2D eigenvalue weighted by Gasteiger charge is 2.72. The van der Waals surface area contributed by atoms with Crippen LogP contribution >= 0.6 is 0 Å². The van der Waals surface area contributed by atoms with Gasteiger partial charge in [0.1, 0.15) is 5.60 Å². The Bertz CT molecular complexity index is 680. The van der Waals surface area contributed by atoms with Crippen molar-refractivity contribution in [1.29, 1.82) is 0 Å². The van der Waals surface area contributed by atoms with Gasteiger partial charge < -0.3 is 20.1 Å². The smallest absolute Gasteiger partial charge is 0.101 e. The van der Waals surface area contributed by atoms with E-state index in [4.69, 9.17) is 4.74 Å². The summed E-state index contributed by atoms with van der Waals surface area (Å²) in [6, 6.07) is 0. The number of hydrogen-bond acceptors (Lipinski definition) is 4. The fraction of sp³-hybridized carbons (Fsp3) is 1.00. The van der Waals surface area contributed by atoms with Gasteiger partial charge in [-0.1, -0.05) is 27.7 Å². The van der Waals surface area contributed by atoms with Crippen LogP contribution in [0.1, 0.15) is 91.9 Å². The number of ether oxygens (including phenoxy) is 1. The summed E-state index contributed by atoms with van der Waals surface area (Å²) < 4.78 is 6.31. The van der Waals surface area contributed by atoms with Crippen molar-refractivity contribution in [2.24, 2.45) is 46.3 Å². The van der Waals surface area contributed by atoms with Crippen LogP contribution in [0.4, 0.5) is 0 Å². The van der Waals surface area contributed by atoms with E-state index >= 15 is 0 Å². The van der Waals surface area contributed by atoms with Crippen LogP contribution in [0.15, 0.2) is 0 Å². The van der Waals surface area contributed by atoms with Crippen molar-refractivity contribution in [3.63, 3.8) is 0 Å². The van der Waals surface area contributed by atoms with Crippen molar-refractivity contribution in [2.45, 2.75) is 116 Å². The fourth-order valence-corrected chi connectivity index (χ4v) is 9.71. The molecule has 31 heavy (non-hydrogen) atoms. The first-order chi connectivity index (χ1) is 14.6. The van der Waals surface area contributed by atoms with E-state index in [1.54, 1.807) is 0 Å². The molecule has 4 saturated carbocycles. The lowest BCUT2D eigenvalue weighted by atomic mass is 9.43. The van der Waals surface area contributed by atoms with Crippen LogP contribution in [0, 0.1) is 46.3 Å². The van der Waals surface area contributed by atoms with Crippen LogP contribution < -0.4 is 0 Å². The van der Waals surface area contributed by atoms with E-state index < -0.39 is 5.60 Å². The third kappa shape index (κ3) is 3.14. The molecular weight excluding hydrogens is 388 g/mol. The van der Waals surface area contributed by atoms with Gasteiger partial charge in [-0.05, 0) is 98.7 Å². The summed E-state index contributed by atoms with van der Waals surface area (Å²) in [4.78, 5) is 0. The molecule has 0 aromatic rings. The van der Waals surface area contributed by atoms with Gasteiger partial charge in [-0.3, -0.25) is 0 Å². The molecule has 1 heterocycles. The Morgan fingerprint density at radius 2 is 1.77 bits per heavy atom. The van der Waals surface area contributed by atoms with Crippen molar-refractivity contribution < 1.29 is 20.1 Å². The molecule has 4 nitrogen and oxygen atoms in total. The Morgan fingerprint density at radius 1 is 1.00 bits per heavy atom. The van der Waals surface area contributed by atoms with Crippen molar-refractivity contribution in [3.8, 4) is 0 Å². The highest BCUT2D eigenvalue weighted by Crippen LogP contribution is 2.71. The van der Waals surface area contributed by atoms with E-state index in [1.165, 1.54) is 25.7 Å². The van der Waals surface area contributed by atoms with E-state index in [9.17, 15) is 15.3 Å². The fourth-order valence-electron chi connectivity index (χ4n) is 9.71. The third-order valence-electron chi connectivity index (χ3n) is 11.4. The second-order valence-electron chi connectivity index (χ2n) is 13.0. The molecule has 2 bridgehead atoms. The Balaban J connectivity index is 1.37. The Morgan fingerprint density at radius 3 is 2.52 bits per heavy atom. The van der Waals surface area contributed by atoms with Gasteiger partial charge in [0.2, 0.25) is 0 Å². The number of aliphatic hydroxyl groups excluding tert-OH is 2. The minimum absolute atomic E-state index is 0.0980. The lowest BCUT2D eigenvalue weighted by molar-refractivity contribution is -0.214. The van der Waals surface area contributed by atoms with Crippen LogP contribution in [-0.2, 0) is 4.74 Å². The summed E-state index contributed by atoms with van der Waals surface area (Å²) in [5.74, 6) is 3.46. The van der Waals surface area contributed by atoms with Crippen molar-refractivity contribution in [3.05, 3.63) is 0 Å². The maximum absolute atomic E-state index is 11.8. The van der Waals surface area contributed by atoms with Gasteiger partial charge in [0.05, 0.1) is 24.9 Å². The highest BCUT2D eigenvalue weighted by molar-refractivity contribution is 5.21. The first-order valence-corrected chi connectivity index (χ1v) is 13.3. The van der Waals surface area contributed by atoms with Crippen LogP contribution in [0.3, 0.4) is 0 Å². The minimum atomic E-state index is -0.822. The maximum Gasteiger partial charge on any atom is 0.101 e. The molecule has 5 aliphatic rings. The first-order valence-electron chi connectivity index (χ1n) is 13.3. The van der Waals surface area contributed by atoms with Gasteiger partial charge in [0, 0.05) is 11.8 Å². The van der Waals surface area contributed by atoms with E-state index in [0.29, 0.717) is 54.0 Å². The minimum Gasteiger partial charge on any atom is -0.393 e. The predicted octanol–water partition coefficient (Wildman–Crippen LogP) is 4.54. The van der Waals surface area contributed by atoms with E-state index in [1.807, 2.05) is 0 Å².